The van der Waals surface area contributed by atoms with Crippen LogP contribution in [0.1, 0.15) is 22.4 Å². The van der Waals surface area contributed by atoms with Crippen molar-refractivity contribution < 1.29 is 9.90 Å². The molecule has 0 unspecified atom stereocenters. The van der Waals surface area contributed by atoms with Crippen LogP contribution >= 0.6 is 11.6 Å². The van der Waals surface area contributed by atoms with Crippen LogP contribution in [0.2, 0.25) is 5.02 Å². The number of aromatic nitrogens is 1. The van der Waals surface area contributed by atoms with Gasteiger partial charge in [-0.05, 0) is 48.2 Å². The molecule has 0 spiro atoms. The number of hydrogen-bond acceptors (Lipinski definition) is 1. The van der Waals surface area contributed by atoms with Crippen molar-refractivity contribution in [2.75, 3.05) is 0 Å². The highest BCUT2D eigenvalue weighted by Crippen LogP contribution is 2.28. The third-order valence-electron chi connectivity index (χ3n) is 3.86. The van der Waals surface area contributed by atoms with Crippen LogP contribution in [-0.4, -0.2) is 16.1 Å². The summed E-state index contributed by atoms with van der Waals surface area (Å²) in [4.78, 5) is 14.4. The predicted octanol–water partition coefficient (Wildman–Crippen LogP) is 4.35. The van der Waals surface area contributed by atoms with Gasteiger partial charge in [0.05, 0.1) is 6.42 Å². The molecule has 0 aliphatic carbocycles. The van der Waals surface area contributed by atoms with Crippen LogP contribution in [0.4, 0.5) is 0 Å². The molecule has 0 atom stereocenters. The second-order valence-corrected chi connectivity index (χ2v) is 5.88. The summed E-state index contributed by atoms with van der Waals surface area (Å²) in [5, 5.41) is 10.9. The Hall–Kier alpha value is -2.26. The molecular weight excluding hydrogens is 298 g/mol. The quantitative estimate of drug-likeness (QED) is 0.752. The van der Waals surface area contributed by atoms with Gasteiger partial charge >= 0.3 is 5.97 Å². The second-order valence-electron chi connectivity index (χ2n) is 5.44. The fourth-order valence-corrected chi connectivity index (χ4v) is 2.99. The van der Waals surface area contributed by atoms with E-state index >= 15 is 0 Å². The molecule has 1 heterocycles. The number of carboxylic acids is 1. The van der Waals surface area contributed by atoms with Gasteiger partial charge in [0.25, 0.3) is 0 Å². The Morgan fingerprint density at radius 1 is 1.18 bits per heavy atom. The van der Waals surface area contributed by atoms with E-state index in [4.69, 9.17) is 16.7 Å². The topological polar surface area (TPSA) is 53.1 Å². The number of carbonyl (C=O) groups is 1. The number of rotatable bonds is 4. The minimum Gasteiger partial charge on any atom is -0.481 e. The normalized spacial score (nSPS) is 11.0. The van der Waals surface area contributed by atoms with E-state index in [2.05, 4.69) is 11.1 Å². The van der Waals surface area contributed by atoms with Gasteiger partial charge in [-0.2, -0.15) is 0 Å². The monoisotopic (exact) mass is 313 g/mol. The molecule has 3 aromatic rings. The summed E-state index contributed by atoms with van der Waals surface area (Å²) in [6.45, 7) is 1.92. The molecule has 0 amide bonds. The molecule has 0 saturated heterocycles. The summed E-state index contributed by atoms with van der Waals surface area (Å²) in [6, 6.07) is 13.8. The zero-order chi connectivity index (χ0) is 15.7. The maximum absolute atomic E-state index is 11.1. The molecule has 0 fully saturated rings. The van der Waals surface area contributed by atoms with Crippen LogP contribution in [-0.2, 0) is 17.6 Å². The van der Waals surface area contributed by atoms with Crippen LogP contribution < -0.4 is 0 Å². The SMILES string of the molecule is Cc1[nH]c2cccc(Cc3ccc(Cl)cc3)c2c1CC(=O)O. The van der Waals surface area contributed by atoms with Gasteiger partial charge in [0.1, 0.15) is 0 Å². The molecule has 4 heteroatoms. The molecule has 1 aromatic heterocycles. The molecular formula is C18H16ClNO2. The van der Waals surface area contributed by atoms with Crippen LogP contribution in [0.15, 0.2) is 42.5 Å². The van der Waals surface area contributed by atoms with Crippen molar-refractivity contribution in [3.8, 4) is 0 Å². The smallest absolute Gasteiger partial charge is 0.307 e. The summed E-state index contributed by atoms with van der Waals surface area (Å²) in [7, 11) is 0. The molecule has 3 nitrogen and oxygen atoms in total. The zero-order valence-electron chi connectivity index (χ0n) is 12.2. The third kappa shape index (κ3) is 2.85. The Kier molecular flexibility index (Phi) is 3.90. The fraction of sp³-hybridized carbons (Fsp3) is 0.167. The largest absolute Gasteiger partial charge is 0.481 e. The van der Waals surface area contributed by atoms with Crippen molar-refractivity contribution in [1.82, 2.24) is 4.98 Å². The van der Waals surface area contributed by atoms with Gasteiger partial charge in [-0.1, -0.05) is 35.9 Å². The van der Waals surface area contributed by atoms with E-state index in [1.807, 2.05) is 43.3 Å². The average molecular weight is 314 g/mol. The maximum Gasteiger partial charge on any atom is 0.307 e. The molecule has 0 aliphatic heterocycles. The number of halogens is 1. The summed E-state index contributed by atoms with van der Waals surface area (Å²) in [5.41, 5.74) is 5.05. The fourth-order valence-electron chi connectivity index (χ4n) is 2.87. The number of aliphatic carboxylic acids is 1. The van der Waals surface area contributed by atoms with E-state index in [9.17, 15) is 4.79 Å². The Balaban J connectivity index is 2.08. The van der Waals surface area contributed by atoms with E-state index in [-0.39, 0.29) is 6.42 Å². The van der Waals surface area contributed by atoms with Crippen LogP contribution in [0, 0.1) is 6.92 Å². The lowest BCUT2D eigenvalue weighted by Gasteiger charge is -2.06. The first-order valence-corrected chi connectivity index (χ1v) is 7.47. The summed E-state index contributed by atoms with van der Waals surface area (Å²) in [6.07, 6.45) is 0.780. The van der Waals surface area contributed by atoms with Crippen LogP contribution in [0.3, 0.4) is 0 Å². The first-order valence-electron chi connectivity index (χ1n) is 7.10. The van der Waals surface area contributed by atoms with Gasteiger partial charge in [-0.3, -0.25) is 4.79 Å². The van der Waals surface area contributed by atoms with E-state index in [1.165, 1.54) is 0 Å². The summed E-state index contributed by atoms with van der Waals surface area (Å²) in [5.74, 6) is -0.815. The molecule has 2 aromatic carbocycles. The molecule has 22 heavy (non-hydrogen) atoms. The minimum absolute atomic E-state index is 0.0312. The van der Waals surface area contributed by atoms with Crippen molar-refractivity contribution in [2.24, 2.45) is 0 Å². The molecule has 0 bridgehead atoms. The number of fused-ring (bicyclic) bond motifs is 1. The van der Waals surface area contributed by atoms with Gasteiger partial charge < -0.3 is 10.1 Å². The van der Waals surface area contributed by atoms with E-state index in [1.54, 1.807) is 0 Å². The predicted molar refractivity (Wildman–Crippen MR) is 88.6 cm³/mol. The maximum atomic E-state index is 11.1. The van der Waals surface area contributed by atoms with Gasteiger partial charge in [-0.15, -0.1) is 0 Å². The van der Waals surface area contributed by atoms with Crippen molar-refractivity contribution in [3.05, 3.63) is 69.9 Å². The average Bonchev–Trinajstić information content (AvgIpc) is 2.78. The Labute approximate surface area is 133 Å². The summed E-state index contributed by atoms with van der Waals surface area (Å²) < 4.78 is 0. The van der Waals surface area contributed by atoms with E-state index < -0.39 is 5.97 Å². The summed E-state index contributed by atoms with van der Waals surface area (Å²) >= 11 is 5.93. The molecule has 0 saturated carbocycles. The molecule has 112 valence electrons. The van der Waals surface area contributed by atoms with Crippen LogP contribution in [0.5, 0.6) is 0 Å². The zero-order valence-corrected chi connectivity index (χ0v) is 12.9. The van der Waals surface area contributed by atoms with Gasteiger partial charge in [-0.25, -0.2) is 0 Å². The second kappa shape index (κ2) is 5.85. The molecule has 3 rings (SSSR count). The van der Waals surface area contributed by atoms with Crippen molar-refractivity contribution in [3.63, 3.8) is 0 Å². The highest BCUT2D eigenvalue weighted by molar-refractivity contribution is 6.30. The first kappa shape index (κ1) is 14.7. The van der Waals surface area contributed by atoms with Crippen LogP contribution in [0.25, 0.3) is 10.9 Å². The highest BCUT2D eigenvalue weighted by Gasteiger charge is 2.15. The lowest BCUT2D eigenvalue weighted by molar-refractivity contribution is -0.136. The lowest BCUT2D eigenvalue weighted by atomic mass is 9.97. The molecule has 0 aliphatic rings. The first-order chi connectivity index (χ1) is 10.5. The van der Waals surface area contributed by atoms with Gasteiger partial charge in [0, 0.05) is 21.6 Å². The highest BCUT2D eigenvalue weighted by atomic mass is 35.5. The van der Waals surface area contributed by atoms with Gasteiger partial charge in [0.15, 0.2) is 0 Å². The van der Waals surface area contributed by atoms with Crippen molar-refractivity contribution in [2.45, 2.75) is 19.8 Å². The number of benzene rings is 2. The third-order valence-corrected chi connectivity index (χ3v) is 4.12. The minimum atomic E-state index is -0.815. The van der Waals surface area contributed by atoms with Crippen molar-refractivity contribution >= 4 is 28.5 Å². The van der Waals surface area contributed by atoms with E-state index in [0.29, 0.717) is 5.02 Å². The van der Waals surface area contributed by atoms with Gasteiger partial charge in [0.2, 0.25) is 0 Å². The number of aromatic amines is 1. The molecule has 2 N–H and O–H groups in total. The lowest BCUT2D eigenvalue weighted by Crippen LogP contribution is -2.01. The van der Waals surface area contributed by atoms with E-state index in [0.717, 1.165) is 39.7 Å². The number of hydrogen-bond donors (Lipinski definition) is 2. The van der Waals surface area contributed by atoms with Crippen molar-refractivity contribution in [1.29, 1.82) is 0 Å². The Bertz CT molecular complexity index is 834. The number of H-pyrrole nitrogens is 1. The standard InChI is InChI=1S/C18H16ClNO2/c1-11-15(10-17(21)22)18-13(3-2-4-16(18)20-11)9-12-5-7-14(19)8-6-12/h2-8,20H,9-10H2,1H3,(H,21,22). The number of carboxylic acid groups (broad SMARTS) is 1. The number of nitrogens with one attached hydrogen (secondary N) is 1. The number of aryl methyl sites for hydroxylation is 1. The Morgan fingerprint density at radius 2 is 1.91 bits per heavy atom. The molecule has 0 radical (unpaired) electrons. The Morgan fingerprint density at radius 3 is 2.59 bits per heavy atom.